The number of aromatic nitrogens is 2. The van der Waals surface area contributed by atoms with E-state index in [4.69, 9.17) is 12.2 Å². The Balaban J connectivity index is 2.30. The van der Waals surface area contributed by atoms with Crippen LogP contribution >= 0.6 is 24.0 Å². The number of rotatable bonds is 9. The highest BCUT2D eigenvalue weighted by Crippen LogP contribution is 2.21. The van der Waals surface area contributed by atoms with E-state index in [1.54, 1.807) is 0 Å². The van der Waals surface area contributed by atoms with E-state index < -0.39 is 0 Å². The Morgan fingerprint density at radius 2 is 2.05 bits per heavy atom. The van der Waals surface area contributed by atoms with Crippen LogP contribution in [0.25, 0.3) is 0 Å². The lowest BCUT2D eigenvalue weighted by Crippen LogP contribution is -2.02. The SMILES string of the molecule is C=C(C)CCCCCCSc1nc(=S)n(CC)cc1C. The first-order valence-corrected chi connectivity index (χ1v) is 8.79. The van der Waals surface area contributed by atoms with E-state index in [1.165, 1.54) is 43.2 Å². The van der Waals surface area contributed by atoms with Crippen LogP contribution in [0.15, 0.2) is 23.4 Å². The smallest absolute Gasteiger partial charge is 0.200 e. The zero-order chi connectivity index (χ0) is 15.0. The fraction of sp³-hybridized carbons (Fsp3) is 0.625. The van der Waals surface area contributed by atoms with Crippen molar-refractivity contribution in [1.29, 1.82) is 0 Å². The molecular weight excluding hydrogens is 284 g/mol. The maximum absolute atomic E-state index is 5.29. The first-order valence-electron chi connectivity index (χ1n) is 7.40. The van der Waals surface area contributed by atoms with Crippen LogP contribution in [0.1, 0.15) is 51.5 Å². The highest BCUT2D eigenvalue weighted by molar-refractivity contribution is 7.99. The Labute approximate surface area is 132 Å². The van der Waals surface area contributed by atoms with Gasteiger partial charge < -0.3 is 4.57 Å². The number of allylic oxidation sites excluding steroid dienone is 1. The number of aryl methyl sites for hydroxylation is 2. The normalized spacial score (nSPS) is 10.8. The number of hydrogen-bond acceptors (Lipinski definition) is 3. The lowest BCUT2D eigenvalue weighted by Gasteiger charge is -2.09. The summed E-state index contributed by atoms with van der Waals surface area (Å²) in [7, 11) is 0. The van der Waals surface area contributed by atoms with Crippen LogP contribution in [0.5, 0.6) is 0 Å². The molecule has 0 spiro atoms. The molecule has 0 saturated heterocycles. The monoisotopic (exact) mass is 310 g/mol. The standard InChI is InChI=1S/C16H26N2S2/c1-5-18-12-14(4)15(17-16(18)19)20-11-9-7-6-8-10-13(2)3/h12H,2,5-11H2,1,3-4H3. The van der Waals surface area contributed by atoms with Crippen LogP contribution in [0.2, 0.25) is 0 Å². The fourth-order valence-corrected chi connectivity index (χ4v) is 3.31. The number of hydrogen-bond donors (Lipinski definition) is 0. The minimum Gasteiger partial charge on any atom is -0.324 e. The second-order valence-electron chi connectivity index (χ2n) is 5.27. The quantitative estimate of drug-likeness (QED) is 0.195. The van der Waals surface area contributed by atoms with Gasteiger partial charge >= 0.3 is 0 Å². The predicted octanol–water partition coefficient (Wildman–Crippen LogP) is 5.56. The molecule has 0 aliphatic rings. The van der Waals surface area contributed by atoms with Gasteiger partial charge in [0.25, 0.3) is 0 Å². The van der Waals surface area contributed by atoms with Crippen LogP contribution in [0, 0.1) is 11.7 Å². The van der Waals surface area contributed by atoms with Crippen LogP contribution in [0.4, 0.5) is 0 Å². The summed E-state index contributed by atoms with van der Waals surface area (Å²) >= 11 is 7.13. The van der Waals surface area contributed by atoms with Crippen molar-refractivity contribution < 1.29 is 0 Å². The second-order valence-corrected chi connectivity index (χ2v) is 6.72. The summed E-state index contributed by atoms with van der Waals surface area (Å²) in [5.41, 5.74) is 2.53. The van der Waals surface area contributed by atoms with Gasteiger partial charge in [0.1, 0.15) is 5.03 Å². The molecule has 0 aliphatic heterocycles. The Bertz CT molecular complexity index is 492. The van der Waals surface area contributed by atoms with Gasteiger partial charge in [-0.05, 0) is 63.6 Å². The van der Waals surface area contributed by atoms with Crippen molar-refractivity contribution in [3.8, 4) is 0 Å². The lowest BCUT2D eigenvalue weighted by atomic mass is 10.1. The second kappa shape index (κ2) is 9.35. The first-order chi connectivity index (χ1) is 9.54. The van der Waals surface area contributed by atoms with Crippen molar-refractivity contribution in [3.05, 3.63) is 28.7 Å². The molecule has 0 aromatic carbocycles. The molecule has 0 radical (unpaired) electrons. The highest BCUT2D eigenvalue weighted by Gasteiger charge is 2.03. The lowest BCUT2D eigenvalue weighted by molar-refractivity contribution is 0.667. The third kappa shape index (κ3) is 6.23. The zero-order valence-corrected chi connectivity index (χ0v) is 14.6. The molecule has 0 saturated carbocycles. The molecule has 112 valence electrons. The van der Waals surface area contributed by atoms with Crippen molar-refractivity contribution in [2.75, 3.05) is 5.75 Å². The van der Waals surface area contributed by atoms with E-state index in [9.17, 15) is 0 Å². The fourth-order valence-electron chi connectivity index (χ4n) is 2.01. The number of thioether (sulfide) groups is 1. The van der Waals surface area contributed by atoms with E-state index >= 15 is 0 Å². The zero-order valence-electron chi connectivity index (χ0n) is 12.9. The Morgan fingerprint density at radius 3 is 2.70 bits per heavy atom. The molecule has 1 rings (SSSR count). The molecule has 0 aliphatic carbocycles. The maximum Gasteiger partial charge on any atom is 0.200 e. The third-order valence-electron chi connectivity index (χ3n) is 3.21. The van der Waals surface area contributed by atoms with E-state index in [0.717, 1.165) is 17.3 Å². The van der Waals surface area contributed by atoms with Gasteiger partial charge in [0.15, 0.2) is 0 Å². The van der Waals surface area contributed by atoms with Crippen LogP contribution in [0.3, 0.4) is 0 Å². The summed E-state index contributed by atoms with van der Waals surface area (Å²) in [6, 6.07) is 0. The van der Waals surface area contributed by atoms with E-state index in [1.807, 2.05) is 16.3 Å². The Kier molecular flexibility index (Phi) is 8.15. The van der Waals surface area contributed by atoms with E-state index in [0.29, 0.717) is 4.77 Å². The molecule has 2 nitrogen and oxygen atoms in total. The van der Waals surface area contributed by atoms with E-state index in [-0.39, 0.29) is 0 Å². The van der Waals surface area contributed by atoms with Crippen molar-refractivity contribution in [1.82, 2.24) is 9.55 Å². The summed E-state index contributed by atoms with van der Waals surface area (Å²) in [6.45, 7) is 11.1. The van der Waals surface area contributed by atoms with Gasteiger partial charge in [-0.3, -0.25) is 0 Å². The van der Waals surface area contributed by atoms with Crippen molar-refractivity contribution in [2.45, 2.75) is 64.4 Å². The molecule has 0 fully saturated rings. The number of nitrogens with zero attached hydrogens (tertiary/aromatic N) is 2. The molecule has 0 unspecified atom stereocenters. The molecule has 0 atom stereocenters. The van der Waals surface area contributed by atoms with Gasteiger partial charge in [-0.1, -0.05) is 18.4 Å². The summed E-state index contributed by atoms with van der Waals surface area (Å²) < 4.78 is 2.72. The predicted molar refractivity (Wildman–Crippen MR) is 92.1 cm³/mol. The largest absolute Gasteiger partial charge is 0.324 e. The van der Waals surface area contributed by atoms with E-state index in [2.05, 4.69) is 38.5 Å². The summed E-state index contributed by atoms with van der Waals surface area (Å²) in [6.07, 6.45) is 8.40. The summed E-state index contributed by atoms with van der Waals surface area (Å²) in [4.78, 5) is 4.53. The molecule has 0 amide bonds. The van der Waals surface area contributed by atoms with Gasteiger partial charge in [0.2, 0.25) is 4.77 Å². The molecular formula is C16H26N2S2. The Hall–Kier alpha value is -0.610. The topological polar surface area (TPSA) is 17.8 Å². The van der Waals surface area contributed by atoms with Gasteiger partial charge in [0.05, 0.1) is 0 Å². The molecule has 20 heavy (non-hydrogen) atoms. The van der Waals surface area contributed by atoms with Crippen molar-refractivity contribution >= 4 is 24.0 Å². The van der Waals surface area contributed by atoms with Crippen LogP contribution in [-0.4, -0.2) is 15.3 Å². The minimum absolute atomic E-state index is 0.696. The highest BCUT2D eigenvalue weighted by atomic mass is 32.2. The maximum atomic E-state index is 5.29. The molecule has 1 aromatic rings. The average molecular weight is 311 g/mol. The third-order valence-corrected chi connectivity index (χ3v) is 4.71. The molecule has 1 aromatic heterocycles. The van der Waals surface area contributed by atoms with Gasteiger partial charge in [-0.25, -0.2) is 4.98 Å². The summed E-state index contributed by atoms with van der Waals surface area (Å²) in [5, 5.41) is 1.10. The van der Waals surface area contributed by atoms with Gasteiger partial charge in [-0.15, -0.1) is 18.3 Å². The minimum atomic E-state index is 0.696. The molecule has 0 N–H and O–H groups in total. The average Bonchev–Trinajstić information content (AvgIpc) is 2.40. The van der Waals surface area contributed by atoms with Crippen molar-refractivity contribution in [2.24, 2.45) is 0 Å². The molecule has 1 heterocycles. The van der Waals surface area contributed by atoms with Gasteiger partial charge in [-0.2, -0.15) is 0 Å². The van der Waals surface area contributed by atoms with Gasteiger partial charge in [0, 0.05) is 12.7 Å². The first kappa shape index (κ1) is 17.4. The molecule has 4 heteroatoms. The summed E-state index contributed by atoms with van der Waals surface area (Å²) in [5.74, 6) is 1.13. The van der Waals surface area contributed by atoms with Crippen molar-refractivity contribution in [3.63, 3.8) is 0 Å². The molecule has 0 bridgehead atoms. The van der Waals surface area contributed by atoms with Crippen LogP contribution < -0.4 is 0 Å². The van der Waals surface area contributed by atoms with Crippen LogP contribution in [-0.2, 0) is 6.54 Å². The number of unbranched alkanes of at least 4 members (excludes halogenated alkanes) is 3. The Morgan fingerprint density at radius 1 is 1.35 bits per heavy atom.